The van der Waals surface area contributed by atoms with Gasteiger partial charge in [-0.2, -0.15) is 0 Å². The maximum absolute atomic E-state index is 12.2. The molecule has 144 valence electrons. The lowest BCUT2D eigenvalue weighted by atomic mass is 9.84. The summed E-state index contributed by atoms with van der Waals surface area (Å²) in [5.74, 6) is 1.62. The number of piperidine rings is 1. The standard InChI is InChI=1S/C20H31N3O3/c1-3-22-20(25)14-26-18-6-4-5-16(12-18)13-23-19(24)11-15(2)17-7-9-21-10-8-17/h4-6,12,15,17,21H,3,7-11,13-14H2,1-2H3,(H,22,25)(H,23,24). The van der Waals surface area contributed by atoms with E-state index in [1.54, 1.807) is 0 Å². The van der Waals surface area contributed by atoms with Gasteiger partial charge in [0.15, 0.2) is 6.61 Å². The van der Waals surface area contributed by atoms with Crippen LogP contribution in [0.5, 0.6) is 5.75 Å². The lowest BCUT2D eigenvalue weighted by Crippen LogP contribution is -2.33. The Labute approximate surface area is 156 Å². The van der Waals surface area contributed by atoms with Gasteiger partial charge in [-0.25, -0.2) is 0 Å². The molecule has 6 heteroatoms. The molecule has 0 bridgehead atoms. The number of carbonyl (C=O) groups is 2. The van der Waals surface area contributed by atoms with Crippen molar-refractivity contribution < 1.29 is 14.3 Å². The van der Waals surface area contributed by atoms with E-state index in [1.165, 1.54) is 0 Å². The van der Waals surface area contributed by atoms with Crippen LogP contribution >= 0.6 is 0 Å². The summed E-state index contributed by atoms with van der Waals surface area (Å²) in [6, 6.07) is 7.47. The Morgan fingerprint density at radius 1 is 1.23 bits per heavy atom. The van der Waals surface area contributed by atoms with Crippen molar-refractivity contribution in [1.82, 2.24) is 16.0 Å². The molecule has 1 fully saturated rings. The summed E-state index contributed by atoms with van der Waals surface area (Å²) < 4.78 is 5.48. The van der Waals surface area contributed by atoms with Crippen molar-refractivity contribution in [3.05, 3.63) is 29.8 Å². The predicted molar refractivity (Wildman–Crippen MR) is 102 cm³/mol. The highest BCUT2D eigenvalue weighted by molar-refractivity contribution is 5.77. The lowest BCUT2D eigenvalue weighted by Gasteiger charge is -2.27. The van der Waals surface area contributed by atoms with E-state index in [0.717, 1.165) is 31.5 Å². The zero-order valence-electron chi connectivity index (χ0n) is 15.8. The van der Waals surface area contributed by atoms with E-state index in [9.17, 15) is 9.59 Å². The minimum Gasteiger partial charge on any atom is -0.484 e. The third-order valence-electron chi connectivity index (χ3n) is 4.83. The van der Waals surface area contributed by atoms with Crippen LogP contribution in [-0.2, 0) is 16.1 Å². The second-order valence-electron chi connectivity index (χ2n) is 6.94. The number of nitrogens with one attached hydrogen (secondary N) is 3. The molecule has 0 radical (unpaired) electrons. The van der Waals surface area contributed by atoms with Gasteiger partial charge >= 0.3 is 0 Å². The minimum absolute atomic E-state index is 0.00257. The van der Waals surface area contributed by atoms with Crippen LogP contribution in [-0.4, -0.2) is 38.1 Å². The first-order valence-electron chi connectivity index (χ1n) is 9.54. The van der Waals surface area contributed by atoms with Crippen molar-refractivity contribution in [2.45, 2.75) is 39.7 Å². The monoisotopic (exact) mass is 361 g/mol. The first-order valence-corrected chi connectivity index (χ1v) is 9.54. The molecule has 26 heavy (non-hydrogen) atoms. The van der Waals surface area contributed by atoms with Crippen LogP contribution in [0, 0.1) is 11.8 Å². The van der Waals surface area contributed by atoms with Crippen molar-refractivity contribution in [1.29, 1.82) is 0 Å². The van der Waals surface area contributed by atoms with Crippen LogP contribution in [0.25, 0.3) is 0 Å². The molecule has 1 atom stereocenters. The zero-order valence-corrected chi connectivity index (χ0v) is 15.8. The molecule has 2 rings (SSSR count). The molecule has 0 saturated carbocycles. The van der Waals surface area contributed by atoms with Crippen molar-refractivity contribution in [2.75, 3.05) is 26.2 Å². The van der Waals surface area contributed by atoms with Gasteiger partial charge in [0.05, 0.1) is 0 Å². The maximum atomic E-state index is 12.2. The highest BCUT2D eigenvalue weighted by Crippen LogP contribution is 2.24. The van der Waals surface area contributed by atoms with Gasteiger partial charge < -0.3 is 20.7 Å². The molecule has 0 spiro atoms. The third-order valence-corrected chi connectivity index (χ3v) is 4.83. The predicted octanol–water partition coefficient (Wildman–Crippen LogP) is 1.84. The summed E-state index contributed by atoms with van der Waals surface area (Å²) in [6.07, 6.45) is 2.87. The van der Waals surface area contributed by atoms with E-state index < -0.39 is 0 Å². The van der Waals surface area contributed by atoms with E-state index >= 15 is 0 Å². The largest absolute Gasteiger partial charge is 0.484 e. The average molecular weight is 361 g/mol. The van der Waals surface area contributed by atoms with Gasteiger partial charge in [0.25, 0.3) is 5.91 Å². The molecule has 1 heterocycles. The Bertz CT molecular complexity index is 585. The van der Waals surface area contributed by atoms with Crippen molar-refractivity contribution in [3.8, 4) is 5.75 Å². The maximum Gasteiger partial charge on any atom is 0.257 e. The number of amides is 2. The van der Waals surface area contributed by atoms with Crippen LogP contribution < -0.4 is 20.7 Å². The number of likely N-dealkylation sites (N-methyl/N-ethyl adjacent to an activating group) is 1. The fraction of sp³-hybridized carbons (Fsp3) is 0.600. The molecule has 6 nitrogen and oxygen atoms in total. The quantitative estimate of drug-likeness (QED) is 0.627. The minimum atomic E-state index is -0.141. The van der Waals surface area contributed by atoms with Crippen LogP contribution in [0.3, 0.4) is 0 Å². The molecule has 1 aliphatic rings. The molecular formula is C20H31N3O3. The fourth-order valence-electron chi connectivity index (χ4n) is 3.29. The highest BCUT2D eigenvalue weighted by atomic mass is 16.5. The fourth-order valence-corrected chi connectivity index (χ4v) is 3.29. The van der Waals surface area contributed by atoms with Gasteiger partial charge in [0.1, 0.15) is 5.75 Å². The summed E-state index contributed by atoms with van der Waals surface area (Å²) in [4.78, 5) is 23.7. The zero-order chi connectivity index (χ0) is 18.8. The van der Waals surface area contributed by atoms with Gasteiger partial charge in [-0.15, -0.1) is 0 Å². The Kier molecular flexibility index (Phi) is 8.41. The number of rotatable bonds is 9. The number of hydrogen-bond donors (Lipinski definition) is 3. The number of benzene rings is 1. The van der Waals surface area contributed by atoms with Gasteiger partial charge in [0.2, 0.25) is 5.91 Å². The van der Waals surface area contributed by atoms with Crippen LogP contribution in [0.15, 0.2) is 24.3 Å². The Hall–Kier alpha value is -2.08. The summed E-state index contributed by atoms with van der Waals surface area (Å²) >= 11 is 0. The van der Waals surface area contributed by atoms with E-state index in [0.29, 0.717) is 37.1 Å². The summed E-state index contributed by atoms with van der Waals surface area (Å²) in [7, 11) is 0. The molecule has 2 amide bonds. The van der Waals surface area contributed by atoms with E-state index in [4.69, 9.17) is 4.74 Å². The molecule has 3 N–H and O–H groups in total. The lowest BCUT2D eigenvalue weighted by molar-refractivity contribution is -0.123. The molecule has 1 aromatic carbocycles. The van der Waals surface area contributed by atoms with Crippen LogP contribution in [0.2, 0.25) is 0 Å². The highest BCUT2D eigenvalue weighted by Gasteiger charge is 2.21. The SMILES string of the molecule is CCNC(=O)COc1cccc(CNC(=O)CC(C)C2CCNCC2)c1. The van der Waals surface area contributed by atoms with Crippen molar-refractivity contribution in [3.63, 3.8) is 0 Å². The summed E-state index contributed by atoms with van der Waals surface area (Å²) in [5, 5.41) is 9.04. The Morgan fingerprint density at radius 3 is 2.73 bits per heavy atom. The smallest absolute Gasteiger partial charge is 0.257 e. The molecule has 1 aliphatic heterocycles. The van der Waals surface area contributed by atoms with Crippen LogP contribution in [0.1, 0.15) is 38.7 Å². The number of hydrogen-bond acceptors (Lipinski definition) is 4. The molecular weight excluding hydrogens is 330 g/mol. The second kappa shape index (κ2) is 10.8. The topological polar surface area (TPSA) is 79.5 Å². The van der Waals surface area contributed by atoms with Gasteiger partial charge in [0, 0.05) is 19.5 Å². The average Bonchev–Trinajstić information content (AvgIpc) is 2.66. The molecule has 1 aromatic rings. The number of ether oxygens (including phenoxy) is 1. The number of carbonyl (C=O) groups excluding carboxylic acids is 2. The Balaban J connectivity index is 1.74. The first kappa shape index (κ1) is 20.2. The van der Waals surface area contributed by atoms with Crippen molar-refractivity contribution in [2.24, 2.45) is 11.8 Å². The van der Waals surface area contributed by atoms with E-state index in [1.807, 2.05) is 31.2 Å². The molecule has 1 unspecified atom stereocenters. The van der Waals surface area contributed by atoms with Gasteiger partial charge in [-0.1, -0.05) is 19.1 Å². The second-order valence-corrected chi connectivity index (χ2v) is 6.94. The molecule has 1 saturated heterocycles. The molecule has 0 aromatic heterocycles. The first-order chi connectivity index (χ1) is 12.6. The third kappa shape index (κ3) is 7.04. The summed E-state index contributed by atoms with van der Waals surface area (Å²) in [6.45, 7) is 7.20. The van der Waals surface area contributed by atoms with Gasteiger partial charge in [-0.3, -0.25) is 9.59 Å². The Morgan fingerprint density at radius 2 is 2.00 bits per heavy atom. The van der Waals surface area contributed by atoms with E-state index in [2.05, 4.69) is 22.9 Å². The van der Waals surface area contributed by atoms with Crippen molar-refractivity contribution >= 4 is 11.8 Å². The normalized spacial score (nSPS) is 15.9. The van der Waals surface area contributed by atoms with E-state index in [-0.39, 0.29) is 18.4 Å². The van der Waals surface area contributed by atoms with Gasteiger partial charge in [-0.05, 0) is 62.4 Å². The summed E-state index contributed by atoms with van der Waals surface area (Å²) in [5.41, 5.74) is 0.960. The van der Waals surface area contributed by atoms with Crippen LogP contribution in [0.4, 0.5) is 0 Å². The molecule has 0 aliphatic carbocycles.